The molecule has 0 spiro atoms. The number of carbonyl (C=O) groups is 7. The number of carboxylic acids is 2. The summed E-state index contributed by atoms with van der Waals surface area (Å²) < 4.78 is 0. The maximum atomic E-state index is 13.6. The fraction of sp³-hybridized carbons (Fsp3) is 0.724. The van der Waals surface area contributed by atoms with Crippen LogP contribution in [0.2, 0.25) is 0 Å². The first-order valence-corrected chi connectivity index (χ1v) is 16.1. The van der Waals surface area contributed by atoms with Crippen molar-refractivity contribution in [3.8, 4) is 0 Å². The Morgan fingerprint density at radius 3 is 1.66 bits per heavy atom. The number of aliphatic imine (C=N–C) groups is 1. The third kappa shape index (κ3) is 18.2. The second kappa shape index (κ2) is 23.7. The molecular weight excluding hydrogens is 664 g/mol. The van der Waals surface area contributed by atoms with E-state index in [-0.39, 0.29) is 50.7 Å². The fourth-order valence-corrected chi connectivity index (χ4v) is 4.44. The fourth-order valence-electron chi connectivity index (χ4n) is 4.44. The van der Waals surface area contributed by atoms with Crippen molar-refractivity contribution in [1.82, 2.24) is 26.6 Å². The third-order valence-electron chi connectivity index (χ3n) is 7.09. The topological polar surface area (TPSA) is 377 Å². The van der Waals surface area contributed by atoms with Crippen LogP contribution in [0.3, 0.4) is 0 Å². The molecule has 0 unspecified atom stereocenters. The zero-order valence-corrected chi connectivity index (χ0v) is 28.6. The minimum atomic E-state index is -1.80. The lowest BCUT2D eigenvalue weighted by atomic mass is 10.0. The van der Waals surface area contributed by atoms with Crippen LogP contribution in [0.4, 0.5) is 0 Å². The number of amides is 5. The summed E-state index contributed by atoms with van der Waals surface area (Å²) in [4.78, 5) is 92.1. The number of nitrogens with zero attached hydrogens (tertiary/aromatic N) is 1. The molecule has 0 heterocycles. The average Bonchev–Trinajstić information content (AvgIpc) is 3.02. The average molecular weight is 719 g/mol. The Labute approximate surface area is 289 Å². The molecule has 17 N–H and O–H groups in total. The molecular formula is C29H54N10O11. The van der Waals surface area contributed by atoms with Gasteiger partial charge in [0.2, 0.25) is 29.5 Å². The quantitative estimate of drug-likeness (QED) is 0.0238. The van der Waals surface area contributed by atoms with Crippen LogP contribution in [0.5, 0.6) is 0 Å². The molecule has 0 rings (SSSR count). The van der Waals surface area contributed by atoms with Crippen molar-refractivity contribution in [2.75, 3.05) is 19.7 Å². The Balaban J connectivity index is 6.25. The number of carboxylic acid groups (broad SMARTS) is 2. The number of aliphatic hydroxyl groups is 2. The van der Waals surface area contributed by atoms with E-state index in [1.54, 1.807) is 13.8 Å². The molecule has 0 aromatic carbocycles. The molecule has 0 aliphatic rings. The van der Waals surface area contributed by atoms with Gasteiger partial charge >= 0.3 is 11.9 Å². The highest BCUT2D eigenvalue weighted by molar-refractivity contribution is 5.96. The second-order valence-corrected chi connectivity index (χ2v) is 12.1. The van der Waals surface area contributed by atoms with Gasteiger partial charge in [0.1, 0.15) is 36.3 Å². The summed E-state index contributed by atoms with van der Waals surface area (Å²) in [5.74, 6) is -8.09. The van der Waals surface area contributed by atoms with Gasteiger partial charge in [-0.2, -0.15) is 0 Å². The van der Waals surface area contributed by atoms with E-state index in [2.05, 4.69) is 31.6 Å². The Morgan fingerprint density at radius 1 is 0.700 bits per heavy atom. The maximum Gasteiger partial charge on any atom is 0.326 e. The highest BCUT2D eigenvalue weighted by Crippen LogP contribution is 2.09. The number of hydrogen-bond donors (Lipinski definition) is 13. The SMILES string of the molecule is CC(C)C[C@H](NC(=O)[C@@H](N)CO)C(=O)N[C@H](C(=O)N[C@@H](CCCN=C(N)N)C(=O)N[C@@H](CCCCN)C(=O)N[C@@H](CC(=O)O)C(=O)O)[C@@H](C)O. The van der Waals surface area contributed by atoms with Crippen molar-refractivity contribution in [2.24, 2.45) is 33.8 Å². The second-order valence-electron chi connectivity index (χ2n) is 12.1. The Morgan fingerprint density at radius 2 is 1.20 bits per heavy atom. The van der Waals surface area contributed by atoms with Crippen LogP contribution in [0.25, 0.3) is 0 Å². The summed E-state index contributed by atoms with van der Waals surface area (Å²) in [5, 5.41) is 49.8. The number of carbonyl (C=O) groups excluding carboxylic acids is 5. The summed E-state index contributed by atoms with van der Waals surface area (Å²) in [6.07, 6.45) is -1.64. The number of aliphatic hydroxyl groups excluding tert-OH is 2. The molecule has 50 heavy (non-hydrogen) atoms. The van der Waals surface area contributed by atoms with Crippen molar-refractivity contribution in [3.05, 3.63) is 0 Å². The molecule has 0 aromatic heterocycles. The molecule has 7 atom stereocenters. The molecule has 0 aliphatic carbocycles. The number of rotatable bonds is 25. The maximum absolute atomic E-state index is 13.6. The van der Waals surface area contributed by atoms with Crippen LogP contribution in [-0.2, 0) is 33.6 Å². The third-order valence-corrected chi connectivity index (χ3v) is 7.09. The predicted octanol–water partition coefficient (Wildman–Crippen LogP) is -5.10. The van der Waals surface area contributed by atoms with Crippen molar-refractivity contribution in [3.63, 3.8) is 0 Å². The molecule has 0 aliphatic heterocycles. The van der Waals surface area contributed by atoms with Gasteiger partial charge in [0.25, 0.3) is 0 Å². The summed E-state index contributed by atoms with van der Waals surface area (Å²) in [5.41, 5.74) is 21.8. The van der Waals surface area contributed by atoms with Crippen molar-refractivity contribution < 1.29 is 54.0 Å². The number of nitrogens with one attached hydrogen (secondary N) is 5. The van der Waals surface area contributed by atoms with Gasteiger partial charge in [0.05, 0.1) is 19.1 Å². The highest BCUT2D eigenvalue weighted by atomic mass is 16.4. The summed E-state index contributed by atoms with van der Waals surface area (Å²) in [7, 11) is 0. The Hall–Kier alpha value is -4.60. The molecule has 0 bridgehead atoms. The summed E-state index contributed by atoms with van der Waals surface area (Å²) >= 11 is 0. The molecule has 0 saturated heterocycles. The number of nitrogens with two attached hydrogens (primary N) is 4. The van der Waals surface area contributed by atoms with Gasteiger partial charge in [0, 0.05) is 6.54 Å². The Kier molecular flexibility index (Phi) is 21.5. The van der Waals surface area contributed by atoms with Crippen molar-refractivity contribution in [1.29, 1.82) is 0 Å². The van der Waals surface area contributed by atoms with Crippen LogP contribution < -0.4 is 49.5 Å². The molecule has 0 radical (unpaired) electrons. The molecule has 21 heteroatoms. The standard InChI is InChI=1S/C29H54N10O11/c1-14(2)11-19(37-23(44)16(31)13-40)26(47)39-22(15(3)41)27(48)36-18(8-6-10-34-29(32)33)24(45)35-17(7-4-5-9-30)25(46)38-20(28(49)50)12-21(42)43/h14-20,22,40-41H,4-13,30-31H2,1-3H3,(H,35,45)(H,36,48)(H,37,44)(H,38,46)(H,39,47)(H,42,43)(H,49,50)(H4,32,33,34)/t15-,16+,17+,18+,19+,20+,22+/m1/s1. The van der Waals surface area contributed by atoms with Gasteiger partial charge in [-0.3, -0.25) is 33.8 Å². The van der Waals surface area contributed by atoms with Gasteiger partial charge < -0.3 is 69.9 Å². The molecule has 0 fully saturated rings. The van der Waals surface area contributed by atoms with E-state index in [1.165, 1.54) is 6.92 Å². The molecule has 0 aromatic rings. The zero-order chi connectivity index (χ0) is 38.6. The van der Waals surface area contributed by atoms with E-state index in [9.17, 15) is 48.9 Å². The monoisotopic (exact) mass is 718 g/mol. The van der Waals surface area contributed by atoms with E-state index >= 15 is 0 Å². The summed E-state index contributed by atoms with van der Waals surface area (Å²) in [6, 6.07) is -8.77. The number of guanidine groups is 1. The Bertz CT molecular complexity index is 1180. The van der Waals surface area contributed by atoms with E-state index in [1.807, 2.05) is 0 Å². The summed E-state index contributed by atoms with van der Waals surface area (Å²) in [6.45, 7) is 4.31. The van der Waals surface area contributed by atoms with Gasteiger partial charge in [-0.15, -0.1) is 0 Å². The van der Waals surface area contributed by atoms with Gasteiger partial charge in [-0.05, 0) is 57.9 Å². The lowest BCUT2D eigenvalue weighted by Gasteiger charge is -2.28. The van der Waals surface area contributed by atoms with E-state index in [0.717, 1.165) is 0 Å². The minimum Gasteiger partial charge on any atom is -0.481 e. The van der Waals surface area contributed by atoms with Gasteiger partial charge in [0.15, 0.2) is 5.96 Å². The van der Waals surface area contributed by atoms with Crippen LogP contribution in [0, 0.1) is 5.92 Å². The number of unbranched alkanes of at least 4 members (excludes halogenated alkanes) is 1. The van der Waals surface area contributed by atoms with Crippen molar-refractivity contribution in [2.45, 2.75) is 108 Å². The van der Waals surface area contributed by atoms with E-state index in [0.29, 0.717) is 12.8 Å². The normalized spacial score (nSPS) is 15.2. The van der Waals surface area contributed by atoms with E-state index < -0.39 is 96.9 Å². The van der Waals surface area contributed by atoms with Crippen molar-refractivity contribution >= 4 is 47.4 Å². The smallest absolute Gasteiger partial charge is 0.326 e. The molecule has 0 saturated carbocycles. The minimum absolute atomic E-state index is 0.0288. The number of hydrogen-bond acceptors (Lipinski definition) is 12. The molecule has 5 amide bonds. The van der Waals surface area contributed by atoms with Crippen LogP contribution in [-0.4, -0.2) is 130 Å². The molecule has 286 valence electrons. The van der Waals surface area contributed by atoms with E-state index in [4.69, 9.17) is 28.0 Å². The first kappa shape index (κ1) is 45.4. The first-order chi connectivity index (χ1) is 23.3. The zero-order valence-electron chi connectivity index (χ0n) is 28.6. The van der Waals surface area contributed by atoms with Gasteiger partial charge in [-0.1, -0.05) is 13.8 Å². The van der Waals surface area contributed by atoms with Crippen LogP contribution >= 0.6 is 0 Å². The largest absolute Gasteiger partial charge is 0.481 e. The number of aliphatic carboxylic acids is 2. The lowest BCUT2D eigenvalue weighted by Crippen LogP contribution is -2.61. The van der Waals surface area contributed by atoms with Crippen LogP contribution in [0.1, 0.15) is 65.7 Å². The van der Waals surface area contributed by atoms with Gasteiger partial charge in [-0.25, -0.2) is 4.79 Å². The predicted molar refractivity (Wildman–Crippen MR) is 179 cm³/mol. The first-order valence-electron chi connectivity index (χ1n) is 16.1. The molecule has 21 nitrogen and oxygen atoms in total. The van der Waals surface area contributed by atoms with Crippen LogP contribution in [0.15, 0.2) is 4.99 Å². The lowest BCUT2D eigenvalue weighted by molar-refractivity contribution is -0.147. The highest BCUT2D eigenvalue weighted by Gasteiger charge is 2.34.